The van der Waals surface area contributed by atoms with E-state index in [1.807, 2.05) is 0 Å². The van der Waals surface area contributed by atoms with E-state index >= 15 is 0 Å². The van der Waals surface area contributed by atoms with E-state index in [9.17, 15) is 22.8 Å². The Bertz CT molecular complexity index is 878. The van der Waals surface area contributed by atoms with Gasteiger partial charge in [0.05, 0.1) is 17.4 Å². The second kappa shape index (κ2) is 9.13. The van der Waals surface area contributed by atoms with Gasteiger partial charge in [-0.2, -0.15) is 0 Å². The number of carbonyl (C=O) groups excluding carboxylic acids is 3. The third kappa shape index (κ3) is 5.93. The van der Waals surface area contributed by atoms with Crippen LogP contribution in [0.5, 0.6) is 0 Å². The molecule has 10 heteroatoms. The summed E-state index contributed by atoms with van der Waals surface area (Å²) in [6.45, 7) is 0.417. The average Bonchev–Trinajstić information content (AvgIpc) is 3.04. The Labute approximate surface area is 174 Å². The lowest BCUT2D eigenvalue weighted by molar-refractivity contribution is -0.154. The van der Waals surface area contributed by atoms with Crippen molar-refractivity contribution in [2.75, 3.05) is 31.2 Å². The van der Waals surface area contributed by atoms with E-state index in [-0.39, 0.29) is 23.3 Å². The maximum absolute atomic E-state index is 12.5. The molecule has 2 amide bonds. The van der Waals surface area contributed by atoms with E-state index in [0.29, 0.717) is 42.9 Å². The first-order chi connectivity index (χ1) is 13.7. The molecule has 0 aliphatic carbocycles. The minimum Gasteiger partial charge on any atom is -0.455 e. The average molecular weight is 443 g/mol. The van der Waals surface area contributed by atoms with Crippen molar-refractivity contribution in [3.63, 3.8) is 0 Å². The zero-order valence-electron chi connectivity index (χ0n) is 15.8. The number of hydrogen-bond acceptors (Lipinski definition) is 6. The Morgan fingerprint density at radius 2 is 1.76 bits per heavy atom. The molecule has 0 radical (unpaired) electrons. The fourth-order valence-electron chi connectivity index (χ4n) is 3.53. The monoisotopic (exact) mass is 442 g/mol. The highest BCUT2D eigenvalue weighted by atomic mass is 35.5. The van der Waals surface area contributed by atoms with E-state index in [0.717, 1.165) is 0 Å². The van der Waals surface area contributed by atoms with Gasteiger partial charge in [0, 0.05) is 29.7 Å². The van der Waals surface area contributed by atoms with E-state index in [2.05, 4.69) is 5.32 Å². The standard InChI is InChI=1S/C19H23ClN2O6S/c20-15-3-1-13(2-4-15)18(24)22-8-5-14(6-9-22)19(25)28-11-17(23)21-16-7-10-29(26,27)12-16/h1-4,14,16H,5-12H2,(H,21,23)/t16-/m1/s1. The molecule has 8 nitrogen and oxygen atoms in total. The number of nitrogens with zero attached hydrogens (tertiary/aromatic N) is 1. The maximum atomic E-state index is 12.5. The highest BCUT2D eigenvalue weighted by molar-refractivity contribution is 7.91. The van der Waals surface area contributed by atoms with Crippen molar-refractivity contribution in [1.29, 1.82) is 0 Å². The van der Waals surface area contributed by atoms with Crippen molar-refractivity contribution in [2.45, 2.75) is 25.3 Å². The Morgan fingerprint density at radius 3 is 2.34 bits per heavy atom. The minimum atomic E-state index is -3.09. The van der Waals surface area contributed by atoms with E-state index in [4.69, 9.17) is 16.3 Å². The molecule has 3 rings (SSSR count). The summed E-state index contributed by atoms with van der Waals surface area (Å²) in [6.07, 6.45) is 1.30. The van der Waals surface area contributed by atoms with Crippen LogP contribution in [0.15, 0.2) is 24.3 Å². The van der Waals surface area contributed by atoms with Gasteiger partial charge in [0.15, 0.2) is 16.4 Å². The predicted octanol–water partition coefficient (Wildman–Crippen LogP) is 1.04. The van der Waals surface area contributed by atoms with Crippen molar-refractivity contribution in [3.8, 4) is 0 Å². The van der Waals surface area contributed by atoms with Gasteiger partial charge in [0.25, 0.3) is 11.8 Å². The molecule has 29 heavy (non-hydrogen) atoms. The Kier molecular flexibility index (Phi) is 6.79. The van der Waals surface area contributed by atoms with Crippen LogP contribution >= 0.6 is 11.6 Å². The van der Waals surface area contributed by atoms with Crippen LogP contribution in [0.3, 0.4) is 0 Å². The third-order valence-corrected chi connectivity index (χ3v) is 7.17. The van der Waals surface area contributed by atoms with Crippen molar-refractivity contribution < 1.29 is 27.5 Å². The normalized spacial score (nSPS) is 21.6. The quantitative estimate of drug-likeness (QED) is 0.682. The highest BCUT2D eigenvalue weighted by Gasteiger charge is 2.31. The third-order valence-electron chi connectivity index (χ3n) is 5.15. The second-order valence-corrected chi connectivity index (χ2v) is 10.0. The van der Waals surface area contributed by atoms with Gasteiger partial charge in [-0.1, -0.05) is 11.6 Å². The number of amides is 2. The molecule has 0 bridgehead atoms. The molecule has 0 aromatic heterocycles. The largest absolute Gasteiger partial charge is 0.455 e. The van der Waals surface area contributed by atoms with Crippen LogP contribution in [0.2, 0.25) is 5.02 Å². The Balaban J connectivity index is 1.40. The summed E-state index contributed by atoms with van der Waals surface area (Å²) in [6, 6.07) is 6.22. The van der Waals surface area contributed by atoms with Crippen LogP contribution < -0.4 is 5.32 Å². The number of halogens is 1. The number of ether oxygens (including phenoxy) is 1. The molecule has 0 saturated carbocycles. The van der Waals surface area contributed by atoms with Crippen molar-refractivity contribution in [3.05, 3.63) is 34.9 Å². The number of carbonyl (C=O) groups is 3. The molecular weight excluding hydrogens is 420 g/mol. The minimum absolute atomic E-state index is 0.0606. The van der Waals surface area contributed by atoms with E-state index in [1.165, 1.54) is 0 Å². The van der Waals surface area contributed by atoms with E-state index in [1.54, 1.807) is 29.2 Å². The lowest BCUT2D eigenvalue weighted by Gasteiger charge is -2.31. The second-order valence-electron chi connectivity index (χ2n) is 7.35. The Morgan fingerprint density at radius 1 is 1.10 bits per heavy atom. The molecule has 2 saturated heterocycles. The zero-order valence-corrected chi connectivity index (χ0v) is 17.4. The number of hydrogen-bond donors (Lipinski definition) is 1. The molecule has 158 valence electrons. The first-order valence-electron chi connectivity index (χ1n) is 9.45. The summed E-state index contributed by atoms with van der Waals surface area (Å²) in [5.74, 6) is -1.48. The molecule has 2 fully saturated rings. The molecule has 2 heterocycles. The molecule has 2 aliphatic heterocycles. The van der Waals surface area contributed by atoms with Crippen molar-refractivity contribution in [1.82, 2.24) is 10.2 Å². The summed E-state index contributed by atoms with van der Waals surface area (Å²) in [4.78, 5) is 38.2. The summed E-state index contributed by atoms with van der Waals surface area (Å²) < 4.78 is 27.9. The molecular formula is C19H23ClN2O6S. The number of sulfone groups is 1. The smallest absolute Gasteiger partial charge is 0.309 e. The molecule has 0 spiro atoms. The van der Waals surface area contributed by atoms with Gasteiger partial charge in [-0.05, 0) is 43.5 Å². The first kappa shape index (κ1) is 21.6. The topological polar surface area (TPSA) is 110 Å². The maximum Gasteiger partial charge on any atom is 0.309 e. The predicted molar refractivity (Wildman–Crippen MR) is 106 cm³/mol. The van der Waals surface area contributed by atoms with Crippen LogP contribution in [-0.4, -0.2) is 68.3 Å². The fraction of sp³-hybridized carbons (Fsp3) is 0.526. The van der Waals surface area contributed by atoms with Gasteiger partial charge in [0.2, 0.25) is 0 Å². The molecule has 1 N–H and O–H groups in total. The van der Waals surface area contributed by atoms with Gasteiger partial charge >= 0.3 is 5.97 Å². The molecule has 1 atom stereocenters. The molecule has 2 aliphatic rings. The number of benzene rings is 1. The first-order valence-corrected chi connectivity index (χ1v) is 11.6. The lowest BCUT2D eigenvalue weighted by Crippen LogP contribution is -2.42. The summed E-state index contributed by atoms with van der Waals surface area (Å²) in [7, 11) is -3.09. The SMILES string of the molecule is O=C(COC(=O)C1CCN(C(=O)c2ccc(Cl)cc2)CC1)N[C@@H]1CCS(=O)(=O)C1. The summed E-state index contributed by atoms with van der Waals surface area (Å²) in [5, 5.41) is 3.14. The fourth-order valence-corrected chi connectivity index (χ4v) is 5.33. The molecule has 0 unspecified atom stereocenters. The van der Waals surface area contributed by atoms with E-state index < -0.39 is 34.4 Å². The number of esters is 1. The van der Waals surface area contributed by atoms with Gasteiger partial charge in [0.1, 0.15) is 0 Å². The summed E-state index contributed by atoms with van der Waals surface area (Å²) in [5.41, 5.74) is 0.543. The highest BCUT2D eigenvalue weighted by Crippen LogP contribution is 2.21. The van der Waals surface area contributed by atoms with Gasteiger partial charge in [-0.15, -0.1) is 0 Å². The summed E-state index contributed by atoms with van der Waals surface area (Å²) >= 11 is 5.84. The molecule has 1 aromatic rings. The number of likely N-dealkylation sites (tertiary alicyclic amines) is 1. The van der Waals surface area contributed by atoms with Crippen LogP contribution in [0.4, 0.5) is 0 Å². The van der Waals surface area contributed by atoms with Gasteiger partial charge in [-0.3, -0.25) is 14.4 Å². The molecule has 1 aromatic carbocycles. The van der Waals surface area contributed by atoms with Crippen molar-refractivity contribution >= 4 is 39.2 Å². The van der Waals surface area contributed by atoms with Gasteiger partial charge in [-0.25, -0.2) is 8.42 Å². The Hall–Kier alpha value is -2.13. The zero-order chi connectivity index (χ0) is 21.0. The van der Waals surface area contributed by atoms with Crippen LogP contribution in [0.25, 0.3) is 0 Å². The van der Waals surface area contributed by atoms with Crippen molar-refractivity contribution in [2.24, 2.45) is 5.92 Å². The number of piperidine rings is 1. The van der Waals surface area contributed by atoms with Crippen LogP contribution in [-0.2, 0) is 24.2 Å². The number of nitrogens with one attached hydrogen (secondary N) is 1. The van der Waals surface area contributed by atoms with Crippen LogP contribution in [0, 0.1) is 5.92 Å². The lowest BCUT2D eigenvalue weighted by atomic mass is 9.96. The van der Waals surface area contributed by atoms with Crippen LogP contribution in [0.1, 0.15) is 29.6 Å². The van der Waals surface area contributed by atoms with Gasteiger partial charge < -0.3 is 15.0 Å². The number of rotatable bonds is 5.